The summed E-state index contributed by atoms with van der Waals surface area (Å²) >= 11 is 0. The van der Waals surface area contributed by atoms with Crippen LogP contribution < -0.4 is 5.32 Å². The van der Waals surface area contributed by atoms with Crippen molar-refractivity contribution in [3.63, 3.8) is 0 Å². The molecule has 106 valence electrons. The molecule has 1 unspecified atom stereocenters. The van der Waals surface area contributed by atoms with Crippen LogP contribution in [0.25, 0.3) is 0 Å². The maximum Gasteiger partial charge on any atom is 0.358 e. The minimum absolute atomic E-state index is 0.0952. The van der Waals surface area contributed by atoms with E-state index in [1.165, 1.54) is 18.0 Å². The van der Waals surface area contributed by atoms with Gasteiger partial charge in [-0.3, -0.25) is 9.48 Å². The van der Waals surface area contributed by atoms with Gasteiger partial charge in [0.15, 0.2) is 5.69 Å². The van der Waals surface area contributed by atoms with E-state index in [-0.39, 0.29) is 17.6 Å². The van der Waals surface area contributed by atoms with Crippen molar-refractivity contribution in [3.05, 3.63) is 11.9 Å². The Labute approximate surface area is 110 Å². The van der Waals surface area contributed by atoms with Crippen molar-refractivity contribution in [1.82, 2.24) is 20.3 Å². The van der Waals surface area contributed by atoms with Crippen LogP contribution in [0.3, 0.4) is 0 Å². The lowest BCUT2D eigenvalue weighted by atomic mass is 10.1. The lowest BCUT2D eigenvalue weighted by molar-refractivity contribution is -0.144. The number of carbonyl (C=O) groups is 2. The number of rotatable bonds is 7. The van der Waals surface area contributed by atoms with Gasteiger partial charge in [0.1, 0.15) is 6.04 Å². The fourth-order valence-electron chi connectivity index (χ4n) is 1.56. The van der Waals surface area contributed by atoms with E-state index < -0.39 is 12.0 Å². The highest BCUT2D eigenvalue weighted by atomic mass is 16.5. The van der Waals surface area contributed by atoms with Gasteiger partial charge in [-0.05, 0) is 5.92 Å². The molecule has 0 saturated heterocycles. The molecule has 0 aliphatic rings. The van der Waals surface area contributed by atoms with E-state index in [0.29, 0.717) is 13.1 Å². The minimum atomic E-state index is -1.12. The molecule has 2 N–H and O–H groups in total. The predicted octanol–water partition coefficient (Wildman–Crippen LogP) is -0.236. The van der Waals surface area contributed by atoms with E-state index in [1.54, 1.807) is 0 Å². The number of hydrogen-bond acceptors (Lipinski definition) is 6. The Morgan fingerprint density at radius 2 is 2.21 bits per heavy atom. The second kappa shape index (κ2) is 6.83. The number of ether oxygens (including phenoxy) is 1. The molecule has 0 radical (unpaired) electrons. The number of methoxy groups -OCH3 is 1. The number of carbonyl (C=O) groups excluding carboxylic acids is 1. The molecule has 0 spiro atoms. The lowest BCUT2D eigenvalue weighted by Gasteiger charge is -2.19. The fourth-order valence-corrected chi connectivity index (χ4v) is 1.56. The highest BCUT2D eigenvalue weighted by molar-refractivity contribution is 5.84. The molecule has 0 bridgehead atoms. The van der Waals surface area contributed by atoms with Crippen LogP contribution in [0.15, 0.2) is 6.20 Å². The number of aromatic carboxylic acids is 1. The van der Waals surface area contributed by atoms with Gasteiger partial charge >= 0.3 is 11.9 Å². The molecule has 1 atom stereocenters. The summed E-state index contributed by atoms with van der Waals surface area (Å²) in [6.45, 7) is 4.69. The highest BCUT2D eigenvalue weighted by Gasteiger charge is 2.21. The fraction of sp³-hybridized carbons (Fsp3) is 0.636. The van der Waals surface area contributed by atoms with E-state index in [9.17, 15) is 9.59 Å². The summed E-state index contributed by atoms with van der Waals surface area (Å²) < 4.78 is 6.11. The van der Waals surface area contributed by atoms with Crippen LogP contribution >= 0.6 is 0 Å². The maximum atomic E-state index is 11.5. The van der Waals surface area contributed by atoms with Gasteiger partial charge < -0.3 is 15.2 Å². The van der Waals surface area contributed by atoms with Crippen LogP contribution in [0.2, 0.25) is 0 Å². The van der Waals surface area contributed by atoms with Crippen LogP contribution in [0.1, 0.15) is 24.3 Å². The molecule has 0 saturated carbocycles. The molecule has 8 nitrogen and oxygen atoms in total. The van der Waals surface area contributed by atoms with E-state index >= 15 is 0 Å². The standard InChI is InChI=1S/C11H18N4O4/c1-7(2)9(11(18)19-3)12-4-5-15-6-8(10(16)17)13-14-15/h6-7,9,12H,4-5H2,1-3H3,(H,16,17). The quantitative estimate of drug-likeness (QED) is 0.659. The van der Waals surface area contributed by atoms with Gasteiger partial charge in [-0.15, -0.1) is 5.10 Å². The van der Waals surface area contributed by atoms with E-state index in [1.807, 2.05) is 13.8 Å². The van der Waals surface area contributed by atoms with Gasteiger partial charge in [-0.25, -0.2) is 4.79 Å². The first-order valence-corrected chi connectivity index (χ1v) is 5.90. The molecule has 0 fully saturated rings. The molecular weight excluding hydrogens is 252 g/mol. The predicted molar refractivity (Wildman–Crippen MR) is 65.6 cm³/mol. The second-order valence-corrected chi connectivity index (χ2v) is 4.37. The van der Waals surface area contributed by atoms with E-state index in [4.69, 9.17) is 9.84 Å². The molecular formula is C11H18N4O4. The van der Waals surface area contributed by atoms with Crippen molar-refractivity contribution in [2.24, 2.45) is 5.92 Å². The zero-order valence-corrected chi connectivity index (χ0v) is 11.2. The zero-order valence-electron chi connectivity index (χ0n) is 11.2. The highest BCUT2D eigenvalue weighted by Crippen LogP contribution is 2.03. The first-order chi connectivity index (χ1) is 8.95. The summed E-state index contributed by atoms with van der Waals surface area (Å²) in [5.74, 6) is -1.34. The third kappa shape index (κ3) is 4.32. The average molecular weight is 270 g/mol. The van der Waals surface area contributed by atoms with Crippen LogP contribution in [-0.4, -0.2) is 51.7 Å². The number of carboxylic acid groups (broad SMARTS) is 1. The van der Waals surface area contributed by atoms with E-state index in [2.05, 4.69) is 15.6 Å². The van der Waals surface area contributed by atoms with E-state index in [0.717, 1.165) is 0 Å². The molecule has 1 aromatic heterocycles. The minimum Gasteiger partial charge on any atom is -0.476 e. The van der Waals surface area contributed by atoms with Crippen molar-refractivity contribution in [2.45, 2.75) is 26.4 Å². The SMILES string of the molecule is COC(=O)C(NCCn1cc(C(=O)O)nn1)C(C)C. The largest absolute Gasteiger partial charge is 0.476 e. The summed E-state index contributed by atoms with van der Waals surface area (Å²) in [5, 5.41) is 18.9. The monoisotopic (exact) mass is 270 g/mol. The molecule has 0 aromatic carbocycles. The number of esters is 1. The topological polar surface area (TPSA) is 106 Å². The lowest BCUT2D eigenvalue weighted by Crippen LogP contribution is -2.43. The molecule has 0 aliphatic heterocycles. The van der Waals surface area contributed by atoms with Crippen LogP contribution in [0.4, 0.5) is 0 Å². The number of nitrogens with one attached hydrogen (secondary N) is 1. The summed E-state index contributed by atoms with van der Waals surface area (Å²) in [6.07, 6.45) is 1.34. The smallest absolute Gasteiger partial charge is 0.358 e. The molecule has 19 heavy (non-hydrogen) atoms. The Kier molecular flexibility index (Phi) is 5.43. The summed E-state index contributed by atoms with van der Waals surface area (Å²) in [7, 11) is 1.34. The second-order valence-electron chi connectivity index (χ2n) is 4.37. The Hall–Kier alpha value is -1.96. The van der Waals surface area contributed by atoms with Gasteiger partial charge in [0, 0.05) is 6.54 Å². The van der Waals surface area contributed by atoms with Gasteiger partial charge in [0.2, 0.25) is 0 Å². The number of aromatic nitrogens is 3. The zero-order chi connectivity index (χ0) is 14.4. The summed E-state index contributed by atoms with van der Waals surface area (Å²) in [5.41, 5.74) is -0.103. The Morgan fingerprint density at radius 1 is 1.53 bits per heavy atom. The van der Waals surface area contributed by atoms with Crippen molar-refractivity contribution in [3.8, 4) is 0 Å². The molecule has 1 aromatic rings. The number of hydrogen-bond donors (Lipinski definition) is 2. The maximum absolute atomic E-state index is 11.5. The summed E-state index contributed by atoms with van der Waals surface area (Å²) in [4.78, 5) is 22.1. The van der Waals surface area contributed by atoms with Gasteiger partial charge in [0.05, 0.1) is 19.9 Å². The first kappa shape index (κ1) is 15.1. The molecule has 1 rings (SSSR count). The molecule has 0 amide bonds. The Bertz CT molecular complexity index is 444. The molecule has 8 heteroatoms. The molecule has 0 aliphatic carbocycles. The Morgan fingerprint density at radius 3 is 2.68 bits per heavy atom. The van der Waals surface area contributed by atoms with Crippen molar-refractivity contribution in [2.75, 3.05) is 13.7 Å². The number of carboxylic acids is 1. The van der Waals surface area contributed by atoms with Crippen LogP contribution in [0, 0.1) is 5.92 Å². The molecule has 1 heterocycles. The Balaban J connectivity index is 2.47. The van der Waals surface area contributed by atoms with Crippen molar-refractivity contribution in [1.29, 1.82) is 0 Å². The van der Waals surface area contributed by atoms with Crippen molar-refractivity contribution >= 4 is 11.9 Å². The normalized spacial score (nSPS) is 12.4. The van der Waals surface area contributed by atoms with Crippen LogP contribution in [-0.2, 0) is 16.1 Å². The third-order valence-electron chi connectivity index (χ3n) is 2.58. The average Bonchev–Trinajstić information content (AvgIpc) is 2.82. The van der Waals surface area contributed by atoms with Gasteiger partial charge in [-0.1, -0.05) is 19.1 Å². The number of nitrogens with zero attached hydrogens (tertiary/aromatic N) is 3. The third-order valence-corrected chi connectivity index (χ3v) is 2.58. The first-order valence-electron chi connectivity index (χ1n) is 5.90. The van der Waals surface area contributed by atoms with Crippen molar-refractivity contribution < 1.29 is 19.4 Å². The van der Waals surface area contributed by atoms with Gasteiger partial charge in [-0.2, -0.15) is 0 Å². The van der Waals surface area contributed by atoms with Crippen LogP contribution in [0.5, 0.6) is 0 Å². The van der Waals surface area contributed by atoms with Gasteiger partial charge in [0.25, 0.3) is 0 Å². The summed E-state index contributed by atoms with van der Waals surface area (Å²) in [6, 6.07) is -0.396.